The minimum absolute atomic E-state index is 0.00243. The van der Waals surface area contributed by atoms with Gasteiger partial charge in [0.05, 0.1) is 25.4 Å². The maximum Gasteiger partial charge on any atom is 0.305 e. The molecule has 0 aromatic carbocycles. The molecule has 2 unspecified atom stereocenters. The van der Waals surface area contributed by atoms with E-state index in [-0.39, 0.29) is 18.5 Å². The summed E-state index contributed by atoms with van der Waals surface area (Å²) in [7, 11) is 0. The molecule has 0 bridgehead atoms. The highest BCUT2D eigenvalue weighted by Crippen LogP contribution is 2.19. The lowest BCUT2D eigenvalue weighted by Gasteiger charge is -2.22. The predicted octanol–water partition coefficient (Wildman–Crippen LogP) is 24.3. The molecule has 0 radical (unpaired) electrons. The zero-order chi connectivity index (χ0) is 59.2. The van der Waals surface area contributed by atoms with Crippen molar-refractivity contribution in [1.82, 2.24) is 5.32 Å². The summed E-state index contributed by atoms with van der Waals surface area (Å²) in [5.74, 6) is -0.0288. The van der Waals surface area contributed by atoms with Gasteiger partial charge in [-0.15, -0.1) is 0 Å². The molecule has 0 aliphatic rings. The van der Waals surface area contributed by atoms with Crippen LogP contribution in [0, 0.1) is 0 Å². The number of allylic oxidation sites excluding steroid dienone is 6. The third-order valence-corrected chi connectivity index (χ3v) is 17.4. The van der Waals surface area contributed by atoms with Crippen molar-refractivity contribution in [2.75, 3.05) is 13.2 Å². The molecule has 6 heteroatoms. The molecule has 3 N–H and O–H groups in total. The second-order valence-electron chi connectivity index (χ2n) is 25.6. The second kappa shape index (κ2) is 71.6. The average molecular weight is 1150 g/mol. The van der Waals surface area contributed by atoms with E-state index >= 15 is 0 Å². The smallest absolute Gasteiger partial charge is 0.305 e. The fourth-order valence-electron chi connectivity index (χ4n) is 11.7. The van der Waals surface area contributed by atoms with E-state index in [0.717, 1.165) is 51.4 Å². The van der Waals surface area contributed by atoms with Gasteiger partial charge >= 0.3 is 5.97 Å². The fraction of sp³-hybridized carbons (Fsp3) is 0.895. The van der Waals surface area contributed by atoms with E-state index in [4.69, 9.17) is 4.74 Å². The van der Waals surface area contributed by atoms with Crippen molar-refractivity contribution < 1.29 is 24.5 Å². The number of esters is 1. The van der Waals surface area contributed by atoms with E-state index < -0.39 is 12.1 Å². The monoisotopic (exact) mass is 1150 g/mol. The minimum atomic E-state index is -0.667. The summed E-state index contributed by atoms with van der Waals surface area (Å²) in [5, 5.41) is 23.5. The Morgan fingerprint density at radius 2 is 0.610 bits per heavy atom. The lowest BCUT2D eigenvalue weighted by molar-refractivity contribution is -0.143. The Bertz CT molecular complexity index is 1330. The van der Waals surface area contributed by atoms with Crippen molar-refractivity contribution in [2.45, 2.75) is 424 Å². The highest BCUT2D eigenvalue weighted by molar-refractivity contribution is 5.76. The number of unbranched alkanes of at least 4 members (excludes halogenated alkanes) is 53. The number of aliphatic hydroxyl groups excluding tert-OH is 2. The molecule has 0 rings (SSSR count). The number of aliphatic hydroxyl groups is 2. The molecule has 0 aromatic rings. The van der Waals surface area contributed by atoms with Gasteiger partial charge in [0.25, 0.3) is 0 Å². The lowest BCUT2D eigenvalue weighted by Crippen LogP contribution is -2.45. The molecule has 0 aromatic heterocycles. The first-order valence-electron chi connectivity index (χ1n) is 37.2. The van der Waals surface area contributed by atoms with Crippen molar-refractivity contribution in [3.63, 3.8) is 0 Å². The van der Waals surface area contributed by atoms with Crippen LogP contribution >= 0.6 is 0 Å². The maximum atomic E-state index is 12.6. The predicted molar refractivity (Wildman–Crippen MR) is 361 cm³/mol. The van der Waals surface area contributed by atoms with E-state index in [0.29, 0.717) is 25.9 Å². The topological polar surface area (TPSA) is 95.9 Å². The highest BCUT2D eigenvalue weighted by atomic mass is 16.5. The molecular weight excluding hydrogens is 1010 g/mol. The van der Waals surface area contributed by atoms with Gasteiger partial charge in [0.1, 0.15) is 0 Å². The van der Waals surface area contributed by atoms with Gasteiger partial charge in [-0.2, -0.15) is 0 Å². The van der Waals surface area contributed by atoms with Gasteiger partial charge in [-0.3, -0.25) is 9.59 Å². The molecule has 0 aliphatic carbocycles. The van der Waals surface area contributed by atoms with Gasteiger partial charge in [0, 0.05) is 12.8 Å². The first-order chi connectivity index (χ1) is 40.5. The van der Waals surface area contributed by atoms with Crippen LogP contribution in [0.3, 0.4) is 0 Å². The molecular formula is C76H145NO5. The highest BCUT2D eigenvalue weighted by Gasteiger charge is 2.20. The van der Waals surface area contributed by atoms with E-state index in [1.165, 1.54) is 327 Å². The Morgan fingerprint density at radius 1 is 0.341 bits per heavy atom. The Balaban J connectivity index is 3.41. The molecule has 0 spiro atoms. The van der Waals surface area contributed by atoms with Gasteiger partial charge in [-0.1, -0.05) is 352 Å². The van der Waals surface area contributed by atoms with Crippen LogP contribution < -0.4 is 5.32 Å². The van der Waals surface area contributed by atoms with E-state index in [1.54, 1.807) is 0 Å². The molecule has 0 aliphatic heterocycles. The van der Waals surface area contributed by atoms with Crippen molar-refractivity contribution >= 4 is 11.9 Å². The van der Waals surface area contributed by atoms with Crippen molar-refractivity contribution in [3.05, 3.63) is 36.5 Å². The number of carbonyl (C=O) groups excluding carboxylic acids is 2. The van der Waals surface area contributed by atoms with Crippen LogP contribution in [-0.2, 0) is 14.3 Å². The van der Waals surface area contributed by atoms with Crippen LogP contribution in [0.2, 0.25) is 0 Å². The number of ether oxygens (including phenoxy) is 1. The Labute approximate surface area is 513 Å². The summed E-state index contributed by atoms with van der Waals surface area (Å²) < 4.78 is 5.47. The molecule has 484 valence electrons. The third kappa shape index (κ3) is 67.2. The molecule has 82 heavy (non-hydrogen) atoms. The Hall–Kier alpha value is -1.92. The second-order valence-corrected chi connectivity index (χ2v) is 25.6. The van der Waals surface area contributed by atoms with Gasteiger partial charge < -0.3 is 20.3 Å². The number of hydrogen-bond donors (Lipinski definition) is 3. The molecule has 0 heterocycles. The number of rotatable bonds is 70. The first-order valence-corrected chi connectivity index (χ1v) is 37.2. The standard InChI is InChI=1S/C76H145NO5/c1-3-5-7-9-11-13-15-17-18-19-20-21-22-30-33-36-39-42-45-48-52-56-60-64-68-74(79)73(72-78)77-75(80)69-65-61-57-53-49-46-43-40-37-34-31-28-26-24-23-25-27-29-32-35-38-41-44-47-51-55-59-63-67-71-82-76(81)70-66-62-58-54-50-16-14-12-10-8-6-4-2/h12,14,23,25,29,32,73-74,78-79H,3-11,13,15-22,24,26-28,30-31,33-72H2,1-2H3,(H,77,80)/b14-12-,25-23-,32-29-. The molecule has 1 amide bonds. The largest absolute Gasteiger partial charge is 0.466 e. The van der Waals surface area contributed by atoms with Crippen molar-refractivity contribution in [3.8, 4) is 0 Å². The minimum Gasteiger partial charge on any atom is -0.466 e. The number of carbonyl (C=O) groups is 2. The lowest BCUT2D eigenvalue weighted by atomic mass is 10.0. The molecule has 2 atom stereocenters. The summed E-state index contributed by atoms with van der Waals surface area (Å²) in [5.41, 5.74) is 0. The summed E-state index contributed by atoms with van der Waals surface area (Å²) in [6.45, 7) is 4.96. The van der Waals surface area contributed by atoms with Crippen molar-refractivity contribution in [1.29, 1.82) is 0 Å². The summed E-state index contributed by atoms with van der Waals surface area (Å²) in [6, 6.07) is -0.544. The zero-order valence-electron chi connectivity index (χ0n) is 55.5. The molecule has 6 nitrogen and oxygen atoms in total. The van der Waals surface area contributed by atoms with Gasteiger partial charge in [0.2, 0.25) is 5.91 Å². The first kappa shape index (κ1) is 80.1. The molecule has 0 saturated heterocycles. The summed E-state index contributed by atoms with van der Waals surface area (Å²) >= 11 is 0. The summed E-state index contributed by atoms with van der Waals surface area (Å²) in [4.78, 5) is 24.6. The average Bonchev–Trinajstić information content (AvgIpc) is 3.48. The van der Waals surface area contributed by atoms with Gasteiger partial charge in [0.15, 0.2) is 0 Å². The maximum absolute atomic E-state index is 12.6. The number of amides is 1. The number of nitrogens with one attached hydrogen (secondary N) is 1. The Morgan fingerprint density at radius 3 is 0.963 bits per heavy atom. The van der Waals surface area contributed by atoms with Crippen LogP contribution in [0.5, 0.6) is 0 Å². The molecule has 0 fully saturated rings. The number of hydrogen-bond acceptors (Lipinski definition) is 5. The van der Waals surface area contributed by atoms with Crippen LogP contribution in [0.15, 0.2) is 36.5 Å². The third-order valence-electron chi connectivity index (χ3n) is 17.4. The Kier molecular flexibility index (Phi) is 69.9. The van der Waals surface area contributed by atoms with Crippen LogP contribution in [-0.4, -0.2) is 47.4 Å². The fourth-order valence-corrected chi connectivity index (χ4v) is 11.7. The van der Waals surface area contributed by atoms with Crippen LogP contribution in [0.25, 0.3) is 0 Å². The van der Waals surface area contributed by atoms with Gasteiger partial charge in [-0.25, -0.2) is 0 Å². The van der Waals surface area contributed by atoms with Crippen LogP contribution in [0.4, 0.5) is 0 Å². The van der Waals surface area contributed by atoms with E-state index in [1.807, 2.05) is 0 Å². The van der Waals surface area contributed by atoms with Crippen molar-refractivity contribution in [2.24, 2.45) is 0 Å². The van der Waals surface area contributed by atoms with E-state index in [2.05, 4.69) is 55.6 Å². The SMILES string of the molecule is CCCCC/C=C\CCCCCCCC(=O)OCCCCCCCCCCC/C=C\C/C=C\CCCCCCCCCCCCCCCC(=O)NC(CO)C(O)CCCCCCCCCCCCCCCCCCCCCCCCCC. The zero-order valence-corrected chi connectivity index (χ0v) is 55.5. The van der Waals surface area contributed by atoms with Crippen LogP contribution in [0.1, 0.15) is 412 Å². The quantitative estimate of drug-likeness (QED) is 0.0320. The van der Waals surface area contributed by atoms with Gasteiger partial charge in [-0.05, 0) is 83.5 Å². The van der Waals surface area contributed by atoms with E-state index in [9.17, 15) is 19.8 Å². The normalized spacial score (nSPS) is 12.7. The summed E-state index contributed by atoms with van der Waals surface area (Å²) in [6.07, 6.45) is 92.1. The molecule has 0 saturated carbocycles.